The van der Waals surface area contributed by atoms with E-state index in [-0.39, 0.29) is 18.0 Å². The van der Waals surface area contributed by atoms with E-state index >= 15 is 0 Å². The first kappa shape index (κ1) is 17.0. The summed E-state index contributed by atoms with van der Waals surface area (Å²) in [6.07, 6.45) is 3.85. The van der Waals surface area contributed by atoms with E-state index in [4.69, 9.17) is 4.74 Å². The molecule has 3 heteroatoms. The Morgan fingerprint density at radius 1 is 1.33 bits per heavy atom. The Kier molecular flexibility index (Phi) is 6.24. The van der Waals surface area contributed by atoms with E-state index in [9.17, 15) is 4.39 Å². The predicted molar refractivity (Wildman–Crippen MR) is 89.2 cm³/mol. The van der Waals surface area contributed by atoms with Crippen LogP contribution in [0, 0.1) is 23.6 Å². The monoisotopic (exact) mass is 356 g/mol. The molecule has 118 valence electrons. The molecule has 0 aromatic heterocycles. The van der Waals surface area contributed by atoms with Gasteiger partial charge in [0.05, 0.1) is 12.2 Å². The number of halogens is 2. The highest BCUT2D eigenvalue weighted by Crippen LogP contribution is 2.38. The van der Waals surface area contributed by atoms with Crippen LogP contribution in [0.3, 0.4) is 0 Å². The molecule has 1 aromatic rings. The molecule has 0 saturated heterocycles. The lowest BCUT2D eigenvalue weighted by Gasteiger charge is -2.39. The van der Waals surface area contributed by atoms with Gasteiger partial charge >= 0.3 is 0 Å². The zero-order chi connectivity index (χ0) is 15.4. The van der Waals surface area contributed by atoms with E-state index < -0.39 is 0 Å². The molecule has 1 nitrogen and oxygen atoms in total. The summed E-state index contributed by atoms with van der Waals surface area (Å²) < 4.78 is 19.9. The first-order valence-corrected chi connectivity index (χ1v) is 9.10. The summed E-state index contributed by atoms with van der Waals surface area (Å²) in [5.74, 6) is 1.76. The molecule has 0 bridgehead atoms. The van der Waals surface area contributed by atoms with Crippen molar-refractivity contribution in [1.29, 1.82) is 0 Å². The number of hydrogen-bond donors (Lipinski definition) is 0. The topological polar surface area (TPSA) is 9.23 Å². The van der Waals surface area contributed by atoms with E-state index in [1.54, 1.807) is 12.1 Å². The fourth-order valence-electron chi connectivity index (χ4n) is 3.39. The predicted octanol–water partition coefficient (Wildman–Crippen LogP) is 5.74. The van der Waals surface area contributed by atoms with Crippen LogP contribution in [0.5, 0.6) is 0 Å². The lowest BCUT2D eigenvalue weighted by Crippen LogP contribution is -2.35. The molecule has 21 heavy (non-hydrogen) atoms. The van der Waals surface area contributed by atoms with Crippen molar-refractivity contribution in [3.63, 3.8) is 0 Å². The normalized spacial score (nSPS) is 27.8. The molecular weight excluding hydrogens is 331 g/mol. The Hall–Kier alpha value is -0.410. The summed E-state index contributed by atoms with van der Waals surface area (Å²) in [5.41, 5.74) is 0.924. The molecule has 2 rings (SSSR count). The molecule has 0 N–H and O–H groups in total. The summed E-state index contributed by atoms with van der Waals surface area (Å²) in [6.45, 7) is 6.86. The van der Waals surface area contributed by atoms with Crippen LogP contribution in [0.15, 0.2) is 24.3 Å². The highest BCUT2D eigenvalue weighted by atomic mass is 79.9. The van der Waals surface area contributed by atoms with Crippen LogP contribution in [-0.4, -0.2) is 11.4 Å². The minimum absolute atomic E-state index is 0.0720. The Bertz CT molecular complexity index is 449. The fourth-order valence-corrected chi connectivity index (χ4v) is 3.92. The third-order valence-corrected chi connectivity index (χ3v) is 5.25. The molecule has 4 unspecified atom stereocenters. The Morgan fingerprint density at radius 2 is 2.10 bits per heavy atom. The molecule has 1 aliphatic carbocycles. The molecule has 1 aliphatic rings. The highest BCUT2D eigenvalue weighted by molar-refractivity contribution is 9.09. The quantitative estimate of drug-likeness (QED) is 0.611. The summed E-state index contributed by atoms with van der Waals surface area (Å²) in [7, 11) is 0. The molecule has 1 fully saturated rings. The maximum absolute atomic E-state index is 13.4. The average molecular weight is 357 g/mol. The van der Waals surface area contributed by atoms with Crippen LogP contribution in [-0.2, 0) is 4.74 Å². The van der Waals surface area contributed by atoms with Crippen LogP contribution in [0.25, 0.3) is 0 Å². The smallest absolute Gasteiger partial charge is 0.123 e. The third kappa shape index (κ3) is 4.53. The molecule has 4 atom stereocenters. The minimum atomic E-state index is -0.195. The van der Waals surface area contributed by atoms with Crippen molar-refractivity contribution in [3.05, 3.63) is 35.6 Å². The third-order valence-electron chi connectivity index (χ3n) is 4.66. The molecule has 0 amide bonds. The van der Waals surface area contributed by atoms with Gasteiger partial charge in [-0.15, -0.1) is 0 Å². The maximum atomic E-state index is 13.4. The average Bonchev–Trinajstić information content (AvgIpc) is 2.44. The van der Waals surface area contributed by atoms with Gasteiger partial charge in [0.15, 0.2) is 0 Å². The van der Waals surface area contributed by atoms with Crippen molar-refractivity contribution >= 4 is 15.9 Å². The minimum Gasteiger partial charge on any atom is -0.369 e. The molecule has 0 radical (unpaired) electrons. The Balaban J connectivity index is 2.11. The van der Waals surface area contributed by atoms with Crippen molar-refractivity contribution in [2.24, 2.45) is 17.8 Å². The van der Waals surface area contributed by atoms with E-state index in [2.05, 4.69) is 36.7 Å². The molecule has 0 spiro atoms. The van der Waals surface area contributed by atoms with Crippen LogP contribution in [0.2, 0.25) is 0 Å². The van der Waals surface area contributed by atoms with Gasteiger partial charge in [-0.05, 0) is 48.3 Å². The van der Waals surface area contributed by atoms with Crippen LogP contribution >= 0.6 is 15.9 Å². The van der Waals surface area contributed by atoms with Crippen molar-refractivity contribution in [2.75, 3.05) is 5.33 Å². The standard InChI is InChI=1S/C18H26BrFO/c1-12(2)16-8-7-13(3)9-17(16)21-18(11-19)14-5-4-6-15(20)10-14/h4-6,10,12-13,16-18H,7-9,11H2,1-3H3. The van der Waals surface area contributed by atoms with Crippen LogP contribution in [0.4, 0.5) is 4.39 Å². The SMILES string of the molecule is CC1CCC(C(C)C)C(OC(CBr)c2cccc(F)c2)C1. The van der Waals surface area contributed by atoms with Gasteiger partial charge in [0.2, 0.25) is 0 Å². The lowest BCUT2D eigenvalue weighted by atomic mass is 9.75. The van der Waals surface area contributed by atoms with Gasteiger partial charge in [0.25, 0.3) is 0 Å². The number of alkyl halides is 1. The Labute approximate surface area is 136 Å². The van der Waals surface area contributed by atoms with Crippen LogP contribution < -0.4 is 0 Å². The number of benzene rings is 1. The van der Waals surface area contributed by atoms with E-state index in [1.807, 2.05) is 6.07 Å². The molecule has 0 heterocycles. The van der Waals surface area contributed by atoms with E-state index in [0.29, 0.717) is 23.1 Å². The zero-order valence-electron chi connectivity index (χ0n) is 13.2. The maximum Gasteiger partial charge on any atom is 0.123 e. The first-order valence-electron chi connectivity index (χ1n) is 7.98. The van der Waals surface area contributed by atoms with Gasteiger partial charge < -0.3 is 4.74 Å². The molecule has 1 aromatic carbocycles. The summed E-state index contributed by atoms with van der Waals surface area (Å²) in [6, 6.07) is 6.77. The van der Waals surface area contributed by atoms with E-state index in [1.165, 1.54) is 18.9 Å². The van der Waals surface area contributed by atoms with Gasteiger partial charge in [-0.1, -0.05) is 55.3 Å². The van der Waals surface area contributed by atoms with Gasteiger partial charge in [0.1, 0.15) is 5.82 Å². The Morgan fingerprint density at radius 3 is 2.71 bits per heavy atom. The van der Waals surface area contributed by atoms with Gasteiger partial charge in [0, 0.05) is 5.33 Å². The number of ether oxygens (including phenoxy) is 1. The van der Waals surface area contributed by atoms with Crippen molar-refractivity contribution < 1.29 is 9.13 Å². The van der Waals surface area contributed by atoms with Gasteiger partial charge in [-0.25, -0.2) is 4.39 Å². The van der Waals surface area contributed by atoms with Crippen LogP contribution in [0.1, 0.15) is 51.7 Å². The summed E-state index contributed by atoms with van der Waals surface area (Å²) in [4.78, 5) is 0. The molecule has 0 aliphatic heterocycles. The lowest BCUT2D eigenvalue weighted by molar-refractivity contribution is -0.0733. The zero-order valence-corrected chi connectivity index (χ0v) is 14.8. The number of rotatable bonds is 5. The highest BCUT2D eigenvalue weighted by Gasteiger charge is 2.33. The number of hydrogen-bond acceptors (Lipinski definition) is 1. The summed E-state index contributed by atoms with van der Waals surface area (Å²) in [5, 5.41) is 0.701. The molecule has 1 saturated carbocycles. The van der Waals surface area contributed by atoms with Crippen molar-refractivity contribution in [1.82, 2.24) is 0 Å². The summed E-state index contributed by atoms with van der Waals surface area (Å²) >= 11 is 3.53. The van der Waals surface area contributed by atoms with Gasteiger partial charge in [-0.2, -0.15) is 0 Å². The second-order valence-corrected chi connectivity index (χ2v) is 7.35. The second kappa shape index (κ2) is 7.73. The van der Waals surface area contributed by atoms with Crippen molar-refractivity contribution in [2.45, 2.75) is 52.2 Å². The van der Waals surface area contributed by atoms with Crippen molar-refractivity contribution in [3.8, 4) is 0 Å². The van der Waals surface area contributed by atoms with Gasteiger partial charge in [-0.3, -0.25) is 0 Å². The van der Waals surface area contributed by atoms with E-state index in [0.717, 1.165) is 12.0 Å². The fraction of sp³-hybridized carbons (Fsp3) is 0.667. The second-order valence-electron chi connectivity index (χ2n) is 6.70. The first-order chi connectivity index (χ1) is 10.0. The largest absolute Gasteiger partial charge is 0.369 e. The molecular formula is C18H26BrFO.